The number of fused-ring (bicyclic) bond motifs is 16. The van der Waals surface area contributed by atoms with Crippen LogP contribution >= 0.6 is 0 Å². The van der Waals surface area contributed by atoms with E-state index in [0.717, 1.165) is 22.7 Å². The molecular weight excluding hydrogens is 917 g/mol. The maximum Gasteiger partial charge on any atom is 0.0725 e. The van der Waals surface area contributed by atoms with Gasteiger partial charge >= 0.3 is 0 Å². The first-order chi connectivity index (χ1) is 37.7. The van der Waals surface area contributed by atoms with E-state index in [9.17, 15) is 0 Å². The van der Waals surface area contributed by atoms with Crippen molar-refractivity contribution in [3.8, 4) is 50.2 Å². The Balaban J connectivity index is 0.856. The minimum Gasteiger partial charge on any atom is -0.310 e. The molecule has 0 radical (unpaired) electrons. The molecule has 13 aromatic rings. The van der Waals surface area contributed by atoms with Crippen molar-refractivity contribution in [3.05, 3.63) is 336 Å². The molecule has 0 N–H and O–H groups in total. The second kappa shape index (κ2) is 16.4. The SMILES string of the molecule is c1ccc(-c2ccc(N(c3ccc(-n4c5ccccc5c5cc(C6(c7ccccc7)c7ccccc7-c7ccccc76)ccc54)cc3)c3ccc4c(c3)-c3ccccc3C43c4ccccc4-c4ccccc43)cc2)cc1. The van der Waals surface area contributed by atoms with Gasteiger partial charge in [0.05, 0.1) is 21.9 Å². The standard InChI is InChI=1S/C74H48N2/c1-3-19-49(20-4-1)50-35-38-53(39-36-50)75(56-44-45-70-63(48-56)61-27-11-17-33-69(61)74(70)67-31-15-9-25-59(67)60-26-10-16-32-68(60)74)54-40-42-55(43-41-54)76-71-34-18-12-28-62(71)64-47-52(37-46-72(64)76)73(51-21-5-2-6-22-51)65-29-13-7-23-57(65)58-24-8-14-30-66(58)73/h1-48H. The highest BCUT2D eigenvalue weighted by molar-refractivity contribution is 6.10. The second-order valence-electron chi connectivity index (χ2n) is 20.7. The van der Waals surface area contributed by atoms with Gasteiger partial charge in [-0.3, -0.25) is 0 Å². The van der Waals surface area contributed by atoms with E-state index in [2.05, 4.69) is 301 Å². The summed E-state index contributed by atoms with van der Waals surface area (Å²) in [5.74, 6) is 0. The third-order valence-corrected chi connectivity index (χ3v) is 17.1. The Bertz CT molecular complexity index is 4360. The minimum atomic E-state index is -0.484. The maximum atomic E-state index is 2.48. The Morgan fingerprint density at radius 3 is 1.25 bits per heavy atom. The van der Waals surface area contributed by atoms with Crippen molar-refractivity contribution in [1.29, 1.82) is 0 Å². The topological polar surface area (TPSA) is 8.17 Å². The summed E-state index contributed by atoms with van der Waals surface area (Å²) in [6.07, 6.45) is 0. The van der Waals surface area contributed by atoms with Gasteiger partial charge in [0.2, 0.25) is 0 Å². The Hall–Kier alpha value is -9.76. The smallest absolute Gasteiger partial charge is 0.0725 e. The van der Waals surface area contributed by atoms with Gasteiger partial charge in [-0.05, 0) is 156 Å². The number of para-hydroxylation sites is 1. The molecule has 3 aliphatic carbocycles. The predicted octanol–water partition coefficient (Wildman–Crippen LogP) is 18.6. The van der Waals surface area contributed by atoms with Crippen LogP contribution in [-0.2, 0) is 10.8 Å². The largest absolute Gasteiger partial charge is 0.310 e. The number of aromatic nitrogens is 1. The van der Waals surface area contributed by atoms with Gasteiger partial charge in [0, 0.05) is 33.5 Å². The molecule has 0 saturated heterocycles. The van der Waals surface area contributed by atoms with Crippen LogP contribution < -0.4 is 4.90 Å². The fraction of sp³-hybridized carbons (Fsp3) is 0.0270. The van der Waals surface area contributed by atoms with Crippen LogP contribution in [0, 0.1) is 0 Å². The molecule has 12 aromatic carbocycles. The Morgan fingerprint density at radius 2 is 0.671 bits per heavy atom. The van der Waals surface area contributed by atoms with Crippen molar-refractivity contribution in [2.24, 2.45) is 0 Å². The Labute approximate surface area is 442 Å². The van der Waals surface area contributed by atoms with E-state index in [-0.39, 0.29) is 0 Å². The third kappa shape index (κ3) is 5.81. The van der Waals surface area contributed by atoms with Crippen LogP contribution in [0.25, 0.3) is 72.0 Å². The van der Waals surface area contributed by atoms with Crippen molar-refractivity contribution in [3.63, 3.8) is 0 Å². The summed E-state index contributed by atoms with van der Waals surface area (Å²) < 4.78 is 2.45. The van der Waals surface area contributed by atoms with Crippen molar-refractivity contribution in [2.75, 3.05) is 4.90 Å². The number of rotatable bonds is 7. The first-order valence-electron chi connectivity index (χ1n) is 26.5. The summed E-state index contributed by atoms with van der Waals surface area (Å²) in [6.45, 7) is 0. The van der Waals surface area contributed by atoms with Gasteiger partial charge in [-0.25, -0.2) is 0 Å². The summed E-state index contributed by atoms with van der Waals surface area (Å²) >= 11 is 0. The summed E-state index contributed by atoms with van der Waals surface area (Å²) in [7, 11) is 0. The van der Waals surface area contributed by atoms with Gasteiger partial charge in [-0.15, -0.1) is 0 Å². The van der Waals surface area contributed by atoms with Gasteiger partial charge in [-0.1, -0.05) is 224 Å². The zero-order valence-corrected chi connectivity index (χ0v) is 41.6. The Morgan fingerprint density at radius 1 is 0.250 bits per heavy atom. The average molecular weight is 965 g/mol. The van der Waals surface area contributed by atoms with E-state index in [1.807, 2.05) is 0 Å². The van der Waals surface area contributed by atoms with E-state index in [0.29, 0.717) is 0 Å². The molecule has 3 aliphatic rings. The van der Waals surface area contributed by atoms with Gasteiger partial charge in [0.1, 0.15) is 0 Å². The lowest BCUT2D eigenvalue weighted by Gasteiger charge is -2.34. The van der Waals surface area contributed by atoms with E-state index >= 15 is 0 Å². The normalized spacial score (nSPS) is 13.7. The van der Waals surface area contributed by atoms with Crippen molar-refractivity contribution >= 4 is 38.9 Å². The number of hydrogen-bond acceptors (Lipinski definition) is 1. The first kappa shape index (κ1) is 42.7. The molecule has 2 nitrogen and oxygen atoms in total. The molecule has 0 aliphatic heterocycles. The maximum absolute atomic E-state index is 2.48. The highest BCUT2D eigenvalue weighted by Crippen LogP contribution is 2.63. The van der Waals surface area contributed by atoms with Crippen molar-refractivity contribution in [2.45, 2.75) is 10.8 Å². The summed E-state index contributed by atoms with van der Waals surface area (Å²) in [6, 6.07) is 109. The number of benzene rings is 12. The molecule has 354 valence electrons. The van der Waals surface area contributed by atoms with E-state index in [1.165, 1.54) is 111 Å². The van der Waals surface area contributed by atoms with Gasteiger partial charge in [0.15, 0.2) is 0 Å². The molecule has 1 aromatic heterocycles. The molecule has 0 saturated carbocycles. The van der Waals surface area contributed by atoms with Crippen LogP contribution in [0.15, 0.2) is 291 Å². The average Bonchev–Trinajstić information content (AvgIpc) is 4.36. The summed E-state index contributed by atoms with van der Waals surface area (Å²) in [5, 5.41) is 2.47. The Kier molecular flexibility index (Phi) is 9.20. The molecule has 0 fully saturated rings. The summed E-state index contributed by atoms with van der Waals surface area (Å²) in [5.41, 5.74) is 26.6. The molecule has 0 amide bonds. The molecule has 1 spiro atoms. The molecule has 76 heavy (non-hydrogen) atoms. The highest BCUT2D eigenvalue weighted by Gasteiger charge is 2.52. The van der Waals surface area contributed by atoms with E-state index < -0.39 is 10.8 Å². The lowest BCUT2D eigenvalue weighted by atomic mass is 9.67. The van der Waals surface area contributed by atoms with Crippen LogP contribution in [0.2, 0.25) is 0 Å². The third-order valence-electron chi connectivity index (χ3n) is 17.1. The minimum absolute atomic E-state index is 0.404. The quantitative estimate of drug-likeness (QED) is 0.155. The molecule has 0 unspecified atom stereocenters. The first-order valence-corrected chi connectivity index (χ1v) is 26.5. The van der Waals surface area contributed by atoms with Gasteiger partial charge in [0.25, 0.3) is 0 Å². The van der Waals surface area contributed by atoms with Crippen LogP contribution in [-0.4, -0.2) is 4.57 Å². The van der Waals surface area contributed by atoms with Crippen molar-refractivity contribution < 1.29 is 0 Å². The lowest BCUT2D eigenvalue weighted by Crippen LogP contribution is -2.28. The zero-order valence-electron chi connectivity index (χ0n) is 41.6. The number of anilines is 3. The van der Waals surface area contributed by atoms with Gasteiger partial charge in [-0.2, -0.15) is 0 Å². The molecule has 1 heterocycles. The van der Waals surface area contributed by atoms with Gasteiger partial charge < -0.3 is 9.47 Å². The second-order valence-corrected chi connectivity index (χ2v) is 20.7. The van der Waals surface area contributed by atoms with Crippen LogP contribution in [0.1, 0.15) is 44.5 Å². The van der Waals surface area contributed by atoms with E-state index in [1.54, 1.807) is 0 Å². The van der Waals surface area contributed by atoms with Crippen LogP contribution in [0.3, 0.4) is 0 Å². The highest BCUT2D eigenvalue weighted by atomic mass is 15.1. The molecule has 0 atom stereocenters. The monoisotopic (exact) mass is 964 g/mol. The fourth-order valence-electron chi connectivity index (χ4n) is 14.1. The number of nitrogens with zero attached hydrogens (tertiary/aromatic N) is 2. The molecule has 16 rings (SSSR count). The fourth-order valence-corrected chi connectivity index (χ4v) is 14.1. The molecular formula is C74H48N2. The summed E-state index contributed by atoms with van der Waals surface area (Å²) in [4.78, 5) is 2.43. The van der Waals surface area contributed by atoms with E-state index in [4.69, 9.17) is 0 Å². The molecule has 0 bridgehead atoms. The zero-order chi connectivity index (χ0) is 50.0. The number of hydrogen-bond donors (Lipinski definition) is 0. The van der Waals surface area contributed by atoms with Crippen molar-refractivity contribution in [1.82, 2.24) is 4.57 Å². The van der Waals surface area contributed by atoms with Crippen LogP contribution in [0.4, 0.5) is 17.1 Å². The predicted molar refractivity (Wildman–Crippen MR) is 315 cm³/mol. The lowest BCUT2D eigenvalue weighted by molar-refractivity contribution is 0.770. The van der Waals surface area contributed by atoms with Crippen LogP contribution in [0.5, 0.6) is 0 Å². The molecule has 2 heteroatoms.